The van der Waals surface area contributed by atoms with E-state index in [0.717, 1.165) is 43.7 Å². The zero-order chi connectivity index (χ0) is 16.5. The van der Waals surface area contributed by atoms with Gasteiger partial charge in [0.2, 0.25) is 18.6 Å². The van der Waals surface area contributed by atoms with Crippen molar-refractivity contribution in [2.75, 3.05) is 33.0 Å². The fourth-order valence-corrected chi connectivity index (χ4v) is 3.31. The molecule has 1 saturated carbocycles. The Hall–Kier alpha value is -2.24. The standard InChI is InChI=1S/C18H22N2O4/c21-17(11-13-2-5-15-16(10-13)24-12-23-15)19-6-1-7-20(9-8-19)18(22)14-3-4-14/h2,5,10,14H,1,3-4,6-9,11-12H2. The van der Waals surface area contributed by atoms with Crippen LogP contribution >= 0.6 is 0 Å². The molecule has 0 aromatic heterocycles. The van der Waals surface area contributed by atoms with E-state index in [1.807, 2.05) is 28.0 Å². The highest BCUT2D eigenvalue weighted by Crippen LogP contribution is 2.33. The van der Waals surface area contributed by atoms with E-state index in [1.54, 1.807) is 0 Å². The second kappa shape index (κ2) is 6.34. The van der Waals surface area contributed by atoms with Gasteiger partial charge in [-0.3, -0.25) is 9.59 Å². The van der Waals surface area contributed by atoms with Crippen molar-refractivity contribution in [2.24, 2.45) is 5.92 Å². The van der Waals surface area contributed by atoms with Crippen molar-refractivity contribution in [2.45, 2.75) is 25.7 Å². The van der Waals surface area contributed by atoms with Crippen LogP contribution in [0.4, 0.5) is 0 Å². The van der Waals surface area contributed by atoms with E-state index < -0.39 is 0 Å². The molecule has 4 rings (SSSR count). The third kappa shape index (κ3) is 3.18. The van der Waals surface area contributed by atoms with Crippen molar-refractivity contribution >= 4 is 11.8 Å². The Bertz CT molecular complexity index is 656. The molecule has 0 radical (unpaired) electrons. The van der Waals surface area contributed by atoms with E-state index in [2.05, 4.69) is 0 Å². The van der Waals surface area contributed by atoms with Gasteiger partial charge in [-0.05, 0) is 37.0 Å². The molecule has 0 N–H and O–H groups in total. The Balaban J connectivity index is 1.35. The van der Waals surface area contributed by atoms with Gasteiger partial charge in [-0.2, -0.15) is 0 Å². The summed E-state index contributed by atoms with van der Waals surface area (Å²) in [7, 11) is 0. The highest BCUT2D eigenvalue weighted by Gasteiger charge is 2.34. The molecule has 128 valence electrons. The molecule has 1 saturated heterocycles. The number of fused-ring (bicyclic) bond motifs is 1. The van der Waals surface area contributed by atoms with Crippen molar-refractivity contribution < 1.29 is 19.1 Å². The lowest BCUT2D eigenvalue weighted by molar-refractivity contribution is -0.134. The molecule has 1 aliphatic carbocycles. The van der Waals surface area contributed by atoms with Crippen molar-refractivity contribution in [3.8, 4) is 11.5 Å². The molecule has 0 spiro atoms. The summed E-state index contributed by atoms with van der Waals surface area (Å²) in [5.74, 6) is 2.07. The largest absolute Gasteiger partial charge is 0.454 e. The number of rotatable bonds is 3. The summed E-state index contributed by atoms with van der Waals surface area (Å²) >= 11 is 0. The van der Waals surface area contributed by atoms with E-state index in [-0.39, 0.29) is 24.5 Å². The topological polar surface area (TPSA) is 59.1 Å². The lowest BCUT2D eigenvalue weighted by Crippen LogP contribution is -2.38. The van der Waals surface area contributed by atoms with Gasteiger partial charge in [-0.15, -0.1) is 0 Å². The average molecular weight is 330 g/mol. The van der Waals surface area contributed by atoms with E-state index >= 15 is 0 Å². The molecule has 0 atom stereocenters. The van der Waals surface area contributed by atoms with Gasteiger partial charge in [0.05, 0.1) is 6.42 Å². The maximum absolute atomic E-state index is 12.6. The summed E-state index contributed by atoms with van der Waals surface area (Å²) in [4.78, 5) is 28.6. The third-order valence-corrected chi connectivity index (χ3v) is 4.88. The summed E-state index contributed by atoms with van der Waals surface area (Å²) in [5.41, 5.74) is 0.930. The van der Waals surface area contributed by atoms with E-state index in [9.17, 15) is 9.59 Å². The number of hydrogen-bond acceptors (Lipinski definition) is 4. The predicted molar refractivity (Wildman–Crippen MR) is 86.8 cm³/mol. The molecule has 2 amide bonds. The van der Waals surface area contributed by atoms with Crippen LogP contribution in [0.3, 0.4) is 0 Å². The predicted octanol–water partition coefficient (Wildman–Crippen LogP) is 1.43. The lowest BCUT2D eigenvalue weighted by Gasteiger charge is -2.22. The van der Waals surface area contributed by atoms with Crippen LogP contribution in [0, 0.1) is 5.92 Å². The molecular weight excluding hydrogens is 308 g/mol. The number of ether oxygens (including phenoxy) is 2. The molecule has 24 heavy (non-hydrogen) atoms. The number of nitrogens with zero attached hydrogens (tertiary/aromatic N) is 2. The zero-order valence-electron chi connectivity index (χ0n) is 13.7. The van der Waals surface area contributed by atoms with Gasteiger partial charge in [0.25, 0.3) is 0 Å². The number of amides is 2. The molecule has 1 aromatic carbocycles. The third-order valence-electron chi connectivity index (χ3n) is 4.88. The first-order chi connectivity index (χ1) is 11.7. The Morgan fingerprint density at radius 1 is 1.00 bits per heavy atom. The molecular formula is C18H22N2O4. The number of hydrogen-bond donors (Lipinski definition) is 0. The van der Waals surface area contributed by atoms with Crippen molar-refractivity contribution in [3.05, 3.63) is 23.8 Å². The molecule has 2 aliphatic heterocycles. The van der Waals surface area contributed by atoms with Gasteiger partial charge in [-0.1, -0.05) is 6.07 Å². The van der Waals surface area contributed by atoms with Crippen LogP contribution in [-0.2, 0) is 16.0 Å². The average Bonchev–Trinajstić information content (AvgIpc) is 3.37. The maximum Gasteiger partial charge on any atom is 0.231 e. The molecule has 0 bridgehead atoms. The van der Waals surface area contributed by atoms with Crippen LogP contribution < -0.4 is 9.47 Å². The SMILES string of the molecule is O=C(Cc1ccc2c(c1)OCO2)N1CCCN(C(=O)C2CC2)CC1. The summed E-state index contributed by atoms with van der Waals surface area (Å²) < 4.78 is 10.7. The number of carbonyl (C=O) groups is 2. The molecule has 2 fully saturated rings. The second-order valence-corrected chi connectivity index (χ2v) is 6.70. The minimum absolute atomic E-state index is 0.106. The molecule has 1 aromatic rings. The second-order valence-electron chi connectivity index (χ2n) is 6.70. The maximum atomic E-state index is 12.6. The van der Waals surface area contributed by atoms with Crippen LogP contribution in [0.2, 0.25) is 0 Å². The Kier molecular flexibility index (Phi) is 4.04. The van der Waals surface area contributed by atoms with Gasteiger partial charge in [0, 0.05) is 32.1 Å². The summed E-state index contributed by atoms with van der Waals surface area (Å²) in [6.45, 7) is 3.01. The van der Waals surface area contributed by atoms with E-state index in [4.69, 9.17) is 9.47 Å². The van der Waals surface area contributed by atoms with E-state index in [1.165, 1.54) is 0 Å². The molecule has 0 unspecified atom stereocenters. The van der Waals surface area contributed by atoms with Crippen LogP contribution in [0.25, 0.3) is 0 Å². The highest BCUT2D eigenvalue weighted by atomic mass is 16.7. The van der Waals surface area contributed by atoms with Crippen LogP contribution in [0.15, 0.2) is 18.2 Å². The van der Waals surface area contributed by atoms with Crippen LogP contribution in [0.5, 0.6) is 11.5 Å². The van der Waals surface area contributed by atoms with E-state index in [0.29, 0.717) is 25.3 Å². The molecule has 6 nitrogen and oxygen atoms in total. The summed E-state index contributed by atoms with van der Waals surface area (Å²) in [6, 6.07) is 5.64. The first-order valence-electron chi connectivity index (χ1n) is 8.66. The number of carbonyl (C=O) groups excluding carboxylic acids is 2. The Morgan fingerprint density at radius 3 is 2.58 bits per heavy atom. The van der Waals surface area contributed by atoms with Crippen molar-refractivity contribution in [1.82, 2.24) is 9.80 Å². The quantitative estimate of drug-likeness (QED) is 0.841. The van der Waals surface area contributed by atoms with Crippen LogP contribution in [-0.4, -0.2) is 54.6 Å². The first kappa shape index (κ1) is 15.3. The van der Waals surface area contributed by atoms with Gasteiger partial charge >= 0.3 is 0 Å². The highest BCUT2D eigenvalue weighted by molar-refractivity contribution is 5.82. The minimum atomic E-state index is 0.106. The van der Waals surface area contributed by atoms with Gasteiger partial charge in [0.1, 0.15) is 0 Å². The smallest absolute Gasteiger partial charge is 0.231 e. The lowest BCUT2D eigenvalue weighted by atomic mass is 10.1. The first-order valence-corrected chi connectivity index (χ1v) is 8.66. The zero-order valence-corrected chi connectivity index (χ0v) is 13.7. The monoisotopic (exact) mass is 330 g/mol. The fraction of sp³-hybridized carbons (Fsp3) is 0.556. The summed E-state index contributed by atoms with van der Waals surface area (Å²) in [5, 5.41) is 0. The van der Waals surface area contributed by atoms with Gasteiger partial charge in [-0.25, -0.2) is 0 Å². The molecule has 6 heteroatoms. The summed E-state index contributed by atoms with van der Waals surface area (Å²) in [6.07, 6.45) is 3.27. The normalized spacial score (nSPS) is 20.0. The van der Waals surface area contributed by atoms with Gasteiger partial charge in [0.15, 0.2) is 11.5 Å². The molecule has 3 aliphatic rings. The minimum Gasteiger partial charge on any atom is -0.454 e. The fourth-order valence-electron chi connectivity index (χ4n) is 3.31. The van der Waals surface area contributed by atoms with Crippen molar-refractivity contribution in [3.63, 3.8) is 0 Å². The van der Waals surface area contributed by atoms with Crippen molar-refractivity contribution in [1.29, 1.82) is 0 Å². The van der Waals surface area contributed by atoms with Gasteiger partial charge < -0.3 is 19.3 Å². The van der Waals surface area contributed by atoms with Crippen LogP contribution in [0.1, 0.15) is 24.8 Å². The number of benzene rings is 1. The molecule has 2 heterocycles. The Labute approximate surface area is 141 Å². The Morgan fingerprint density at radius 2 is 1.75 bits per heavy atom.